The normalized spacial score (nSPS) is 12.0. The van der Waals surface area contributed by atoms with Gasteiger partial charge >= 0.3 is 0 Å². The number of unbranched alkanes of at least 4 members (excludes halogenated alkanes) is 24. The van der Waals surface area contributed by atoms with Gasteiger partial charge in [0.1, 0.15) is 0 Å². The lowest BCUT2D eigenvalue weighted by Gasteiger charge is -2.16. The topological polar surface area (TPSA) is 9.23 Å². The molecule has 0 amide bonds. The molecule has 0 rings (SSSR count). The van der Waals surface area contributed by atoms with Gasteiger partial charge < -0.3 is 4.43 Å². The summed E-state index contributed by atoms with van der Waals surface area (Å²) in [5.41, 5.74) is 0. The van der Waals surface area contributed by atoms with Crippen LogP contribution in [0.4, 0.5) is 0 Å². The molecule has 0 saturated heterocycles. The van der Waals surface area contributed by atoms with Gasteiger partial charge in [-0.25, -0.2) is 0 Å². The fraction of sp³-hybridized carbons (Fsp3) is 1.00. The van der Waals surface area contributed by atoms with E-state index in [0.717, 1.165) is 6.61 Å². The standard InChI is InChI=1S/C30H64OSi/c1-5-6-7-8-9-10-11-12-13-14-15-16-17-18-19-20-21-22-23-24-25-26-27-28-29-30-31-32(2,3)4/h5-30H2,1-4H3. The van der Waals surface area contributed by atoms with Crippen molar-refractivity contribution in [1.82, 2.24) is 0 Å². The van der Waals surface area contributed by atoms with E-state index < -0.39 is 8.32 Å². The van der Waals surface area contributed by atoms with Crippen LogP contribution in [0, 0.1) is 0 Å². The van der Waals surface area contributed by atoms with Crippen molar-refractivity contribution < 1.29 is 4.43 Å². The highest BCUT2D eigenvalue weighted by Gasteiger charge is 2.12. The first-order chi connectivity index (χ1) is 15.6. The molecule has 194 valence electrons. The van der Waals surface area contributed by atoms with Crippen molar-refractivity contribution in [2.75, 3.05) is 6.61 Å². The van der Waals surface area contributed by atoms with Crippen LogP contribution >= 0.6 is 0 Å². The van der Waals surface area contributed by atoms with Crippen LogP contribution < -0.4 is 0 Å². The van der Waals surface area contributed by atoms with Crippen molar-refractivity contribution in [3.63, 3.8) is 0 Å². The van der Waals surface area contributed by atoms with Gasteiger partial charge in [0, 0.05) is 6.61 Å². The maximum atomic E-state index is 5.92. The molecule has 0 aliphatic heterocycles. The summed E-state index contributed by atoms with van der Waals surface area (Å²) in [4.78, 5) is 0. The lowest BCUT2D eigenvalue weighted by atomic mass is 10.0. The van der Waals surface area contributed by atoms with E-state index in [2.05, 4.69) is 26.6 Å². The molecule has 0 aromatic carbocycles. The van der Waals surface area contributed by atoms with Crippen LogP contribution in [0.5, 0.6) is 0 Å². The average Bonchev–Trinajstić information content (AvgIpc) is 2.75. The second-order valence-electron chi connectivity index (χ2n) is 11.4. The Balaban J connectivity index is 3.02. The molecule has 0 fully saturated rings. The Morgan fingerprint density at radius 2 is 0.562 bits per heavy atom. The van der Waals surface area contributed by atoms with E-state index in [1.165, 1.54) is 161 Å². The lowest BCUT2D eigenvalue weighted by Crippen LogP contribution is -2.25. The van der Waals surface area contributed by atoms with Gasteiger partial charge in [0.25, 0.3) is 0 Å². The van der Waals surface area contributed by atoms with Crippen molar-refractivity contribution in [1.29, 1.82) is 0 Å². The summed E-state index contributed by atoms with van der Waals surface area (Å²) in [5, 5.41) is 0. The van der Waals surface area contributed by atoms with Gasteiger partial charge in [0.2, 0.25) is 0 Å². The van der Waals surface area contributed by atoms with Gasteiger partial charge in [-0.15, -0.1) is 0 Å². The molecule has 0 aromatic rings. The molecule has 0 bridgehead atoms. The third-order valence-electron chi connectivity index (χ3n) is 6.78. The van der Waals surface area contributed by atoms with E-state index in [0.29, 0.717) is 0 Å². The summed E-state index contributed by atoms with van der Waals surface area (Å²) in [6.07, 6.45) is 36.4. The fourth-order valence-electron chi connectivity index (χ4n) is 4.62. The van der Waals surface area contributed by atoms with Crippen molar-refractivity contribution in [2.24, 2.45) is 0 Å². The molecule has 2 heteroatoms. The van der Waals surface area contributed by atoms with Crippen molar-refractivity contribution in [3.8, 4) is 0 Å². The van der Waals surface area contributed by atoms with Crippen LogP contribution in [0.25, 0.3) is 0 Å². The third kappa shape index (κ3) is 30.2. The molecular formula is C30H64OSi. The zero-order valence-corrected chi connectivity index (χ0v) is 24.3. The van der Waals surface area contributed by atoms with E-state index in [1.54, 1.807) is 0 Å². The van der Waals surface area contributed by atoms with Crippen LogP contribution in [0.2, 0.25) is 19.6 Å². The van der Waals surface area contributed by atoms with E-state index in [9.17, 15) is 0 Å². The second kappa shape index (κ2) is 25.8. The van der Waals surface area contributed by atoms with Crippen molar-refractivity contribution >= 4 is 8.32 Å². The first-order valence-corrected chi connectivity index (χ1v) is 18.6. The number of hydrogen-bond acceptors (Lipinski definition) is 1. The monoisotopic (exact) mass is 468 g/mol. The highest BCUT2D eigenvalue weighted by atomic mass is 28.4. The predicted molar refractivity (Wildman–Crippen MR) is 150 cm³/mol. The maximum Gasteiger partial charge on any atom is 0.183 e. The van der Waals surface area contributed by atoms with Gasteiger partial charge in [0.15, 0.2) is 8.32 Å². The van der Waals surface area contributed by atoms with Gasteiger partial charge in [-0.1, -0.05) is 161 Å². The molecule has 0 radical (unpaired) electrons. The molecule has 0 aliphatic rings. The Hall–Kier alpha value is 0.177. The Labute approximate surface area is 206 Å². The first-order valence-electron chi connectivity index (χ1n) is 15.2. The highest BCUT2D eigenvalue weighted by Crippen LogP contribution is 2.16. The molecule has 0 spiro atoms. The average molecular weight is 469 g/mol. The molecule has 0 atom stereocenters. The molecule has 0 aliphatic carbocycles. The minimum atomic E-state index is -1.28. The second-order valence-corrected chi connectivity index (χ2v) is 16.0. The lowest BCUT2D eigenvalue weighted by molar-refractivity contribution is 0.298. The quantitative estimate of drug-likeness (QED) is 0.0859. The van der Waals surface area contributed by atoms with Gasteiger partial charge in [-0.05, 0) is 26.1 Å². The SMILES string of the molecule is CCCCCCCCCCCCCCCCCCCCCCCCCCCO[Si](C)(C)C. The zero-order valence-electron chi connectivity index (χ0n) is 23.3. The van der Waals surface area contributed by atoms with E-state index in [1.807, 2.05) is 0 Å². The smallest absolute Gasteiger partial charge is 0.183 e. The van der Waals surface area contributed by atoms with E-state index >= 15 is 0 Å². The highest BCUT2D eigenvalue weighted by molar-refractivity contribution is 6.69. The van der Waals surface area contributed by atoms with Gasteiger partial charge in [-0.3, -0.25) is 0 Å². The molecular weight excluding hydrogens is 404 g/mol. The Morgan fingerprint density at radius 3 is 0.781 bits per heavy atom. The van der Waals surface area contributed by atoms with E-state index in [4.69, 9.17) is 4.43 Å². The Morgan fingerprint density at radius 1 is 0.344 bits per heavy atom. The van der Waals surface area contributed by atoms with E-state index in [-0.39, 0.29) is 0 Å². The summed E-state index contributed by atoms with van der Waals surface area (Å²) in [5.74, 6) is 0. The predicted octanol–water partition coefficient (Wildman–Crippen LogP) is 11.6. The fourth-order valence-corrected chi connectivity index (χ4v) is 5.38. The van der Waals surface area contributed by atoms with Gasteiger partial charge in [-0.2, -0.15) is 0 Å². The maximum absolute atomic E-state index is 5.92. The van der Waals surface area contributed by atoms with Crippen LogP contribution in [-0.2, 0) is 4.43 Å². The third-order valence-corrected chi connectivity index (χ3v) is 7.85. The summed E-state index contributed by atoms with van der Waals surface area (Å²) < 4.78 is 5.92. The first kappa shape index (κ1) is 32.2. The molecule has 0 N–H and O–H groups in total. The molecule has 0 unspecified atom stereocenters. The van der Waals surface area contributed by atoms with Crippen molar-refractivity contribution in [2.45, 2.75) is 187 Å². The Kier molecular flexibility index (Phi) is 25.9. The summed E-state index contributed by atoms with van der Waals surface area (Å²) in [6, 6.07) is 0. The van der Waals surface area contributed by atoms with Crippen LogP contribution in [-0.4, -0.2) is 14.9 Å². The summed E-state index contributed by atoms with van der Waals surface area (Å²) in [6.45, 7) is 10.2. The molecule has 0 aromatic heterocycles. The number of rotatable bonds is 27. The summed E-state index contributed by atoms with van der Waals surface area (Å²) in [7, 11) is -1.28. The number of hydrogen-bond donors (Lipinski definition) is 0. The molecule has 0 saturated carbocycles. The van der Waals surface area contributed by atoms with Gasteiger partial charge in [0.05, 0.1) is 0 Å². The molecule has 1 nitrogen and oxygen atoms in total. The minimum Gasteiger partial charge on any atom is -0.418 e. The molecule has 0 heterocycles. The van der Waals surface area contributed by atoms with Crippen LogP contribution in [0.15, 0.2) is 0 Å². The van der Waals surface area contributed by atoms with Crippen LogP contribution in [0.3, 0.4) is 0 Å². The Bertz CT molecular complexity index is 336. The summed E-state index contributed by atoms with van der Waals surface area (Å²) >= 11 is 0. The minimum absolute atomic E-state index is 0.995. The van der Waals surface area contributed by atoms with Crippen LogP contribution in [0.1, 0.15) is 167 Å². The van der Waals surface area contributed by atoms with Crippen molar-refractivity contribution in [3.05, 3.63) is 0 Å². The zero-order chi connectivity index (χ0) is 23.6. The largest absolute Gasteiger partial charge is 0.418 e. The molecule has 32 heavy (non-hydrogen) atoms.